The largest absolute Gasteiger partial charge is 0.480 e. The predicted octanol–water partition coefficient (Wildman–Crippen LogP) is 2.59. The minimum atomic E-state index is -2.99. The van der Waals surface area contributed by atoms with E-state index in [0.717, 1.165) is 6.42 Å². The van der Waals surface area contributed by atoms with Crippen LogP contribution >= 0.6 is 0 Å². The van der Waals surface area contributed by atoms with Crippen molar-refractivity contribution in [1.82, 2.24) is 5.32 Å². The summed E-state index contributed by atoms with van der Waals surface area (Å²) in [5.74, 6) is -1.75. The van der Waals surface area contributed by atoms with Crippen LogP contribution in [0.2, 0.25) is 0 Å². The van der Waals surface area contributed by atoms with E-state index >= 15 is 0 Å². The van der Waals surface area contributed by atoms with Crippen LogP contribution in [0.4, 0.5) is 8.78 Å². The lowest BCUT2D eigenvalue weighted by Crippen LogP contribution is -2.41. The summed E-state index contributed by atoms with van der Waals surface area (Å²) in [5, 5.41) is 11.4. The molecule has 0 aliphatic carbocycles. The molecule has 1 atom stereocenters. The summed E-state index contributed by atoms with van der Waals surface area (Å²) in [6, 6.07) is 4.95. The van der Waals surface area contributed by atoms with Gasteiger partial charge in [-0.25, -0.2) is 4.79 Å². The number of carbonyl (C=O) groups excluding carboxylic acids is 1. The van der Waals surface area contributed by atoms with Crippen LogP contribution in [0.1, 0.15) is 31.7 Å². The lowest BCUT2D eigenvalue weighted by molar-refractivity contribution is -0.142. The Kier molecular flexibility index (Phi) is 7.28. The number of aliphatic carboxylic acids is 1. The molecule has 1 unspecified atom stereocenters. The fourth-order valence-corrected chi connectivity index (χ4v) is 1.94. The maximum atomic E-state index is 12.3. The SMILES string of the molecule is CCCCC(NC(=O)Cc1ccccc1OC(F)F)C(=O)O. The number of unbranched alkanes of at least 4 members (excludes halogenated alkanes) is 1. The Labute approximate surface area is 127 Å². The van der Waals surface area contributed by atoms with Crippen LogP contribution in [0.25, 0.3) is 0 Å². The van der Waals surface area contributed by atoms with Crippen molar-refractivity contribution in [2.24, 2.45) is 0 Å². The summed E-state index contributed by atoms with van der Waals surface area (Å²) >= 11 is 0. The van der Waals surface area contributed by atoms with Gasteiger partial charge in [0.05, 0.1) is 6.42 Å². The molecule has 0 aromatic heterocycles. The number of carboxylic acids is 1. The number of rotatable bonds is 9. The molecular weight excluding hydrogens is 296 g/mol. The van der Waals surface area contributed by atoms with Gasteiger partial charge in [0, 0.05) is 5.56 Å². The van der Waals surface area contributed by atoms with Crippen LogP contribution < -0.4 is 10.1 Å². The molecule has 0 aliphatic rings. The minimum absolute atomic E-state index is 0.0897. The van der Waals surface area contributed by atoms with E-state index < -0.39 is 24.5 Å². The quantitative estimate of drug-likeness (QED) is 0.734. The van der Waals surface area contributed by atoms with Crippen LogP contribution in [0, 0.1) is 0 Å². The molecule has 0 radical (unpaired) electrons. The number of carbonyl (C=O) groups is 2. The molecule has 7 heteroatoms. The fraction of sp³-hybridized carbons (Fsp3) is 0.467. The Morgan fingerprint density at radius 1 is 1.32 bits per heavy atom. The normalized spacial score (nSPS) is 12.0. The second-order valence-electron chi connectivity index (χ2n) is 4.76. The van der Waals surface area contributed by atoms with E-state index in [2.05, 4.69) is 10.1 Å². The van der Waals surface area contributed by atoms with Crippen LogP contribution in [0.15, 0.2) is 24.3 Å². The highest BCUT2D eigenvalue weighted by Crippen LogP contribution is 2.20. The van der Waals surface area contributed by atoms with E-state index in [-0.39, 0.29) is 17.7 Å². The zero-order chi connectivity index (χ0) is 16.5. The second kappa shape index (κ2) is 8.96. The lowest BCUT2D eigenvalue weighted by Gasteiger charge is -2.15. The highest BCUT2D eigenvalue weighted by molar-refractivity contribution is 5.85. The third-order valence-electron chi connectivity index (χ3n) is 3.02. The minimum Gasteiger partial charge on any atom is -0.480 e. The molecule has 0 spiro atoms. The van der Waals surface area contributed by atoms with Gasteiger partial charge in [0.15, 0.2) is 0 Å². The smallest absolute Gasteiger partial charge is 0.387 e. The van der Waals surface area contributed by atoms with Crippen LogP contribution in [0.5, 0.6) is 5.75 Å². The summed E-state index contributed by atoms with van der Waals surface area (Å²) in [7, 11) is 0. The third kappa shape index (κ3) is 6.07. The Hall–Kier alpha value is -2.18. The molecule has 1 aromatic carbocycles. The monoisotopic (exact) mass is 315 g/mol. The molecular formula is C15H19F2NO4. The molecule has 1 aromatic rings. The molecule has 0 heterocycles. The van der Waals surface area contributed by atoms with Crippen molar-refractivity contribution in [2.75, 3.05) is 0 Å². The number of hydrogen-bond donors (Lipinski definition) is 2. The predicted molar refractivity (Wildman–Crippen MR) is 75.9 cm³/mol. The standard InChI is InChI=1S/C15H19F2NO4/c1-2-3-7-11(14(20)21)18-13(19)9-10-6-4-5-8-12(10)22-15(16)17/h4-6,8,11,15H,2-3,7,9H2,1H3,(H,18,19)(H,20,21). The number of amides is 1. The van der Waals surface area contributed by atoms with Gasteiger partial charge in [-0.2, -0.15) is 8.78 Å². The van der Waals surface area contributed by atoms with Crippen molar-refractivity contribution >= 4 is 11.9 Å². The maximum absolute atomic E-state index is 12.3. The van der Waals surface area contributed by atoms with Gasteiger partial charge in [-0.05, 0) is 12.5 Å². The van der Waals surface area contributed by atoms with Gasteiger partial charge in [0.1, 0.15) is 11.8 Å². The van der Waals surface area contributed by atoms with Gasteiger partial charge in [0.25, 0.3) is 0 Å². The van der Waals surface area contributed by atoms with Crippen molar-refractivity contribution < 1.29 is 28.2 Å². The summed E-state index contributed by atoms with van der Waals surface area (Å²) in [5.41, 5.74) is 0.278. The average Bonchev–Trinajstić information content (AvgIpc) is 2.44. The molecule has 0 bridgehead atoms. The van der Waals surface area contributed by atoms with E-state index in [9.17, 15) is 18.4 Å². The first-order valence-corrected chi connectivity index (χ1v) is 6.99. The van der Waals surface area contributed by atoms with Crippen molar-refractivity contribution in [3.8, 4) is 5.75 Å². The summed E-state index contributed by atoms with van der Waals surface area (Å²) in [6.45, 7) is -1.07. The number of alkyl halides is 2. The number of benzene rings is 1. The number of ether oxygens (including phenoxy) is 1. The first-order valence-electron chi connectivity index (χ1n) is 6.99. The molecule has 2 N–H and O–H groups in total. The number of hydrogen-bond acceptors (Lipinski definition) is 3. The lowest BCUT2D eigenvalue weighted by atomic mass is 10.1. The van der Waals surface area contributed by atoms with E-state index in [1.165, 1.54) is 18.2 Å². The summed E-state index contributed by atoms with van der Waals surface area (Å²) in [6.07, 6.45) is 1.58. The Bertz CT molecular complexity index is 508. The van der Waals surface area contributed by atoms with E-state index in [1.54, 1.807) is 6.07 Å². The zero-order valence-corrected chi connectivity index (χ0v) is 12.2. The molecule has 0 saturated heterocycles. The molecule has 1 amide bonds. The van der Waals surface area contributed by atoms with Crippen molar-refractivity contribution in [2.45, 2.75) is 45.3 Å². The van der Waals surface area contributed by atoms with Crippen molar-refractivity contribution in [1.29, 1.82) is 0 Å². The Balaban J connectivity index is 2.69. The number of nitrogens with one attached hydrogen (secondary N) is 1. The Morgan fingerprint density at radius 2 is 2.00 bits per heavy atom. The average molecular weight is 315 g/mol. The molecule has 1 rings (SSSR count). The topological polar surface area (TPSA) is 75.6 Å². The van der Waals surface area contributed by atoms with Crippen LogP contribution in [-0.4, -0.2) is 29.6 Å². The summed E-state index contributed by atoms with van der Waals surface area (Å²) < 4.78 is 28.9. The Morgan fingerprint density at radius 3 is 2.59 bits per heavy atom. The highest BCUT2D eigenvalue weighted by atomic mass is 19.3. The van der Waals surface area contributed by atoms with Gasteiger partial charge in [-0.3, -0.25) is 4.79 Å². The summed E-state index contributed by atoms with van der Waals surface area (Å²) in [4.78, 5) is 23.0. The molecule has 0 saturated carbocycles. The second-order valence-corrected chi connectivity index (χ2v) is 4.76. The van der Waals surface area contributed by atoms with E-state index in [4.69, 9.17) is 5.11 Å². The van der Waals surface area contributed by atoms with Crippen molar-refractivity contribution in [3.05, 3.63) is 29.8 Å². The van der Waals surface area contributed by atoms with Gasteiger partial charge in [-0.15, -0.1) is 0 Å². The van der Waals surface area contributed by atoms with Crippen LogP contribution in [0.3, 0.4) is 0 Å². The van der Waals surface area contributed by atoms with Crippen molar-refractivity contribution in [3.63, 3.8) is 0 Å². The first-order chi connectivity index (χ1) is 10.4. The molecule has 5 nitrogen and oxygen atoms in total. The van der Waals surface area contributed by atoms with Gasteiger partial charge in [-0.1, -0.05) is 38.0 Å². The molecule has 0 fully saturated rings. The van der Waals surface area contributed by atoms with Gasteiger partial charge in [0.2, 0.25) is 5.91 Å². The number of para-hydroxylation sites is 1. The zero-order valence-electron chi connectivity index (χ0n) is 12.2. The molecule has 0 aliphatic heterocycles. The van der Waals surface area contributed by atoms with E-state index in [1.807, 2.05) is 6.92 Å². The van der Waals surface area contributed by atoms with Crippen LogP contribution in [-0.2, 0) is 16.0 Å². The number of carboxylic acid groups (broad SMARTS) is 1. The molecule has 22 heavy (non-hydrogen) atoms. The van der Waals surface area contributed by atoms with Gasteiger partial charge >= 0.3 is 12.6 Å². The maximum Gasteiger partial charge on any atom is 0.387 e. The third-order valence-corrected chi connectivity index (χ3v) is 3.02. The van der Waals surface area contributed by atoms with Gasteiger partial charge < -0.3 is 15.2 Å². The van der Waals surface area contributed by atoms with E-state index in [0.29, 0.717) is 12.8 Å². The molecule has 122 valence electrons. The first kappa shape index (κ1) is 17.9. The highest BCUT2D eigenvalue weighted by Gasteiger charge is 2.20. The fourth-order valence-electron chi connectivity index (χ4n) is 1.94. The number of halogens is 2.